The topological polar surface area (TPSA) is 46.5 Å². The summed E-state index contributed by atoms with van der Waals surface area (Å²) in [7, 11) is 0. The molecule has 0 saturated carbocycles. The number of Topliss-reactive ketones (excluding diaryl/α,β-unsaturated/α-hetero) is 1. The Bertz CT molecular complexity index is 371. The van der Waals surface area contributed by atoms with E-state index in [1.54, 1.807) is 12.1 Å². The second kappa shape index (κ2) is 5.66. The monoisotopic (exact) mass is 222 g/mol. The number of ether oxygens (including phenoxy) is 1. The number of benzene rings is 1. The molecule has 0 aliphatic rings. The van der Waals surface area contributed by atoms with Crippen LogP contribution in [0.15, 0.2) is 18.2 Å². The standard InChI is InChI=1S/C13H18O3/c1-4-11(15)8-16-13-6-5-9(2)7-12(13)10(3)14/h5-7,11,15H,4,8H2,1-3H3. The average molecular weight is 222 g/mol. The molecule has 3 nitrogen and oxygen atoms in total. The second-order valence-electron chi connectivity index (χ2n) is 3.93. The summed E-state index contributed by atoms with van der Waals surface area (Å²) in [6.07, 6.45) is 0.155. The smallest absolute Gasteiger partial charge is 0.163 e. The zero-order valence-electron chi connectivity index (χ0n) is 9.99. The van der Waals surface area contributed by atoms with E-state index in [-0.39, 0.29) is 12.4 Å². The Hall–Kier alpha value is -1.35. The van der Waals surface area contributed by atoms with Crippen LogP contribution < -0.4 is 4.74 Å². The van der Waals surface area contributed by atoms with Crippen molar-refractivity contribution < 1.29 is 14.6 Å². The number of hydrogen-bond donors (Lipinski definition) is 1. The predicted molar refractivity (Wildman–Crippen MR) is 63.0 cm³/mol. The minimum Gasteiger partial charge on any atom is -0.490 e. The van der Waals surface area contributed by atoms with Gasteiger partial charge in [0.25, 0.3) is 0 Å². The number of ketones is 1. The van der Waals surface area contributed by atoms with E-state index >= 15 is 0 Å². The molecule has 0 heterocycles. The molecule has 0 aliphatic heterocycles. The third-order valence-electron chi connectivity index (χ3n) is 2.42. The van der Waals surface area contributed by atoms with Crippen LogP contribution in [0, 0.1) is 6.92 Å². The van der Waals surface area contributed by atoms with E-state index in [4.69, 9.17) is 4.74 Å². The Morgan fingerprint density at radius 1 is 1.50 bits per heavy atom. The van der Waals surface area contributed by atoms with Gasteiger partial charge in [-0.3, -0.25) is 4.79 Å². The van der Waals surface area contributed by atoms with Gasteiger partial charge in [0.15, 0.2) is 5.78 Å². The summed E-state index contributed by atoms with van der Waals surface area (Å²) >= 11 is 0. The molecule has 1 N–H and O–H groups in total. The molecule has 88 valence electrons. The molecule has 0 aliphatic carbocycles. The van der Waals surface area contributed by atoms with Crippen molar-refractivity contribution in [2.45, 2.75) is 33.3 Å². The maximum atomic E-state index is 11.4. The van der Waals surface area contributed by atoms with Crippen LogP contribution in [0.25, 0.3) is 0 Å². The van der Waals surface area contributed by atoms with Gasteiger partial charge in [0.05, 0.1) is 11.7 Å². The Balaban J connectivity index is 2.82. The molecule has 1 rings (SSSR count). The van der Waals surface area contributed by atoms with Gasteiger partial charge in [-0.2, -0.15) is 0 Å². The maximum absolute atomic E-state index is 11.4. The highest BCUT2D eigenvalue weighted by atomic mass is 16.5. The van der Waals surface area contributed by atoms with E-state index in [0.29, 0.717) is 17.7 Å². The number of aliphatic hydroxyl groups excluding tert-OH is 1. The Morgan fingerprint density at radius 2 is 2.19 bits per heavy atom. The number of aliphatic hydroxyl groups is 1. The highest BCUT2D eigenvalue weighted by Crippen LogP contribution is 2.20. The van der Waals surface area contributed by atoms with Crippen LogP contribution in [-0.2, 0) is 0 Å². The van der Waals surface area contributed by atoms with E-state index < -0.39 is 6.10 Å². The lowest BCUT2D eigenvalue weighted by molar-refractivity contribution is 0.0966. The molecule has 1 aromatic carbocycles. The van der Waals surface area contributed by atoms with Crippen LogP contribution in [0.3, 0.4) is 0 Å². The molecule has 0 spiro atoms. The molecule has 0 radical (unpaired) electrons. The van der Waals surface area contributed by atoms with Gasteiger partial charge in [-0.25, -0.2) is 0 Å². The lowest BCUT2D eigenvalue weighted by Crippen LogP contribution is -2.17. The summed E-state index contributed by atoms with van der Waals surface area (Å²) in [6, 6.07) is 5.46. The fraction of sp³-hybridized carbons (Fsp3) is 0.462. The van der Waals surface area contributed by atoms with Gasteiger partial charge in [0, 0.05) is 0 Å². The van der Waals surface area contributed by atoms with Crippen LogP contribution in [0.1, 0.15) is 36.2 Å². The summed E-state index contributed by atoms with van der Waals surface area (Å²) in [4.78, 5) is 11.4. The van der Waals surface area contributed by atoms with Gasteiger partial charge >= 0.3 is 0 Å². The molecular formula is C13H18O3. The van der Waals surface area contributed by atoms with E-state index in [2.05, 4.69) is 0 Å². The molecular weight excluding hydrogens is 204 g/mol. The second-order valence-corrected chi connectivity index (χ2v) is 3.93. The molecule has 1 atom stereocenters. The van der Waals surface area contributed by atoms with Crippen molar-refractivity contribution in [1.29, 1.82) is 0 Å². The molecule has 0 amide bonds. The van der Waals surface area contributed by atoms with Crippen molar-refractivity contribution in [1.82, 2.24) is 0 Å². The van der Waals surface area contributed by atoms with Crippen LogP contribution >= 0.6 is 0 Å². The van der Waals surface area contributed by atoms with Gasteiger partial charge in [-0.15, -0.1) is 0 Å². The van der Waals surface area contributed by atoms with Gasteiger partial charge < -0.3 is 9.84 Å². The fourth-order valence-electron chi connectivity index (χ4n) is 1.35. The first-order valence-electron chi connectivity index (χ1n) is 5.47. The minimum absolute atomic E-state index is 0.0234. The lowest BCUT2D eigenvalue weighted by Gasteiger charge is -2.13. The third kappa shape index (κ3) is 3.35. The zero-order valence-corrected chi connectivity index (χ0v) is 9.99. The lowest BCUT2D eigenvalue weighted by atomic mass is 10.1. The van der Waals surface area contributed by atoms with E-state index in [9.17, 15) is 9.90 Å². The minimum atomic E-state index is -0.485. The maximum Gasteiger partial charge on any atom is 0.163 e. The Kier molecular flexibility index (Phi) is 4.50. The highest BCUT2D eigenvalue weighted by molar-refractivity contribution is 5.97. The molecule has 0 fully saturated rings. The number of carbonyl (C=O) groups excluding carboxylic acids is 1. The summed E-state index contributed by atoms with van der Waals surface area (Å²) < 4.78 is 5.44. The van der Waals surface area contributed by atoms with Gasteiger partial charge in [-0.1, -0.05) is 18.6 Å². The van der Waals surface area contributed by atoms with Crippen LogP contribution in [0.4, 0.5) is 0 Å². The molecule has 0 bridgehead atoms. The van der Waals surface area contributed by atoms with Crippen molar-refractivity contribution >= 4 is 5.78 Å². The molecule has 3 heteroatoms. The van der Waals surface area contributed by atoms with Gasteiger partial charge in [0.2, 0.25) is 0 Å². The molecule has 0 saturated heterocycles. The Labute approximate surface area is 96.1 Å². The van der Waals surface area contributed by atoms with Gasteiger partial charge in [0.1, 0.15) is 12.4 Å². The van der Waals surface area contributed by atoms with E-state index in [1.807, 2.05) is 19.9 Å². The quantitative estimate of drug-likeness (QED) is 0.778. The number of rotatable bonds is 5. The Morgan fingerprint density at radius 3 is 2.75 bits per heavy atom. The van der Waals surface area contributed by atoms with Crippen LogP contribution in [-0.4, -0.2) is 23.6 Å². The summed E-state index contributed by atoms with van der Waals surface area (Å²) in [6.45, 7) is 5.55. The molecule has 16 heavy (non-hydrogen) atoms. The molecule has 1 aromatic rings. The molecule has 1 unspecified atom stereocenters. The van der Waals surface area contributed by atoms with Crippen molar-refractivity contribution in [3.63, 3.8) is 0 Å². The SMILES string of the molecule is CCC(O)COc1ccc(C)cc1C(C)=O. The van der Waals surface area contributed by atoms with Crippen LogP contribution in [0.2, 0.25) is 0 Å². The van der Waals surface area contributed by atoms with Crippen LogP contribution in [0.5, 0.6) is 5.75 Å². The normalized spacial score (nSPS) is 12.2. The van der Waals surface area contributed by atoms with E-state index in [1.165, 1.54) is 6.92 Å². The van der Waals surface area contributed by atoms with Gasteiger partial charge in [-0.05, 0) is 32.4 Å². The van der Waals surface area contributed by atoms with Crippen molar-refractivity contribution in [3.05, 3.63) is 29.3 Å². The van der Waals surface area contributed by atoms with Crippen molar-refractivity contribution in [2.75, 3.05) is 6.61 Å². The number of carbonyl (C=O) groups is 1. The third-order valence-corrected chi connectivity index (χ3v) is 2.42. The summed E-state index contributed by atoms with van der Waals surface area (Å²) in [5, 5.41) is 9.39. The van der Waals surface area contributed by atoms with Crippen molar-refractivity contribution in [3.8, 4) is 5.75 Å². The number of aryl methyl sites for hydroxylation is 1. The summed E-state index contributed by atoms with van der Waals surface area (Å²) in [5.74, 6) is 0.523. The highest BCUT2D eigenvalue weighted by Gasteiger charge is 2.10. The first-order chi connectivity index (χ1) is 7.54. The first kappa shape index (κ1) is 12.7. The zero-order chi connectivity index (χ0) is 12.1. The van der Waals surface area contributed by atoms with E-state index in [0.717, 1.165) is 5.56 Å². The average Bonchev–Trinajstić information content (AvgIpc) is 2.26. The number of hydrogen-bond acceptors (Lipinski definition) is 3. The predicted octanol–water partition coefficient (Wildman–Crippen LogP) is 2.35. The van der Waals surface area contributed by atoms with Crippen molar-refractivity contribution in [2.24, 2.45) is 0 Å². The fourth-order valence-corrected chi connectivity index (χ4v) is 1.35. The first-order valence-corrected chi connectivity index (χ1v) is 5.47. The summed E-state index contributed by atoms with van der Waals surface area (Å²) in [5.41, 5.74) is 1.59. The largest absolute Gasteiger partial charge is 0.490 e. The molecule has 0 aromatic heterocycles.